The maximum Gasteiger partial charge on any atom is 0.205 e. The van der Waals surface area contributed by atoms with Crippen molar-refractivity contribution in [2.75, 3.05) is 20.1 Å². The van der Waals surface area contributed by atoms with Crippen LogP contribution < -0.4 is 5.73 Å². The Morgan fingerprint density at radius 3 is 2.48 bits per heavy atom. The molecule has 0 bridgehead atoms. The fraction of sp³-hybridized carbons (Fsp3) is 0.174. The highest BCUT2D eigenvalue weighted by atomic mass is 79.9. The Labute approximate surface area is 187 Å². The zero-order chi connectivity index (χ0) is 20.5. The molecule has 4 rings (SSSR count). The zero-order valence-corrected chi connectivity index (χ0v) is 19.0. The van der Waals surface area contributed by atoms with Crippen LogP contribution in [0.5, 0.6) is 0 Å². The van der Waals surface area contributed by atoms with Gasteiger partial charge in [0.1, 0.15) is 17.4 Å². The van der Waals surface area contributed by atoms with Gasteiger partial charge in [0, 0.05) is 27.6 Å². The van der Waals surface area contributed by atoms with Crippen molar-refractivity contribution >= 4 is 37.9 Å². The summed E-state index contributed by atoms with van der Waals surface area (Å²) in [5.74, 6) is 0.704. The van der Waals surface area contributed by atoms with E-state index in [9.17, 15) is 5.26 Å². The van der Waals surface area contributed by atoms with E-state index in [1.807, 2.05) is 42.5 Å². The van der Waals surface area contributed by atoms with E-state index in [-0.39, 0.29) is 11.8 Å². The summed E-state index contributed by atoms with van der Waals surface area (Å²) >= 11 is 7.27. The van der Waals surface area contributed by atoms with E-state index < -0.39 is 0 Å². The van der Waals surface area contributed by atoms with Gasteiger partial charge < -0.3 is 10.5 Å². The summed E-state index contributed by atoms with van der Waals surface area (Å²) < 4.78 is 8.01. The molecule has 0 aliphatic carbocycles. The van der Waals surface area contributed by atoms with Crippen molar-refractivity contribution in [1.82, 2.24) is 4.90 Å². The smallest absolute Gasteiger partial charge is 0.205 e. The third-order valence-corrected chi connectivity index (χ3v) is 6.59. The van der Waals surface area contributed by atoms with Crippen molar-refractivity contribution in [1.29, 1.82) is 5.26 Å². The zero-order valence-electron chi connectivity index (χ0n) is 15.8. The molecule has 2 aliphatic heterocycles. The lowest BCUT2D eigenvalue weighted by Gasteiger charge is -2.37. The normalized spacial score (nSPS) is 21.0. The molecule has 0 saturated heterocycles. The monoisotopic (exact) mass is 511 g/mol. The molecular weight excluding hydrogens is 494 g/mol. The van der Waals surface area contributed by atoms with Crippen molar-refractivity contribution in [3.05, 3.63) is 97.0 Å². The minimum Gasteiger partial charge on any atom is -0.440 e. The number of hydrogen-bond donors (Lipinski definition) is 1. The lowest BCUT2D eigenvalue weighted by molar-refractivity contribution is 0.251. The van der Waals surface area contributed by atoms with E-state index in [1.165, 1.54) is 0 Å². The number of hydrogen-bond acceptors (Lipinski definition) is 4. The van der Waals surface area contributed by atoms with Gasteiger partial charge in [-0.25, -0.2) is 0 Å². The topological polar surface area (TPSA) is 62.3 Å². The molecule has 0 amide bonds. The number of allylic oxidation sites excluding steroid dienone is 1. The standard InChI is InChI=1S/C23H19Br2N3O/c1-28-12-15(10-14-6-2-4-8-19(14)24)22-18(13-28)21(17(11-26)23(27)29-22)16-7-3-5-9-20(16)25/h2-10,21H,12-13,27H2,1H3/b15-10+. The highest BCUT2D eigenvalue weighted by molar-refractivity contribution is 9.10. The molecule has 29 heavy (non-hydrogen) atoms. The third kappa shape index (κ3) is 3.78. The van der Waals surface area contributed by atoms with Crippen LogP contribution in [0.1, 0.15) is 17.0 Å². The summed E-state index contributed by atoms with van der Waals surface area (Å²) in [4.78, 5) is 2.23. The highest BCUT2D eigenvalue weighted by Crippen LogP contribution is 2.45. The number of rotatable bonds is 2. The van der Waals surface area contributed by atoms with Crippen LogP contribution in [0.25, 0.3) is 6.08 Å². The summed E-state index contributed by atoms with van der Waals surface area (Å²) in [7, 11) is 2.07. The largest absolute Gasteiger partial charge is 0.440 e. The van der Waals surface area contributed by atoms with E-state index in [1.54, 1.807) is 0 Å². The minimum atomic E-state index is -0.246. The Kier molecular flexibility index (Phi) is 5.64. The number of nitrogens with zero attached hydrogens (tertiary/aromatic N) is 2. The SMILES string of the molecule is CN1CC2=C(OC(N)=C(C#N)C2c2ccccc2Br)/C(=C/c2ccccc2Br)C1. The number of ether oxygens (including phenoxy) is 1. The van der Waals surface area contributed by atoms with Crippen LogP contribution in [-0.4, -0.2) is 25.0 Å². The average Bonchev–Trinajstić information content (AvgIpc) is 2.70. The van der Waals surface area contributed by atoms with Crippen LogP contribution in [0.3, 0.4) is 0 Å². The fourth-order valence-electron chi connectivity index (χ4n) is 3.89. The van der Waals surface area contributed by atoms with E-state index in [4.69, 9.17) is 10.5 Å². The molecule has 0 radical (unpaired) electrons. The van der Waals surface area contributed by atoms with Gasteiger partial charge in [-0.2, -0.15) is 5.26 Å². The molecule has 2 aliphatic rings. The summed E-state index contributed by atoms with van der Waals surface area (Å²) in [6.45, 7) is 1.44. The predicted molar refractivity (Wildman–Crippen MR) is 121 cm³/mol. The molecule has 2 N–H and O–H groups in total. The van der Waals surface area contributed by atoms with Gasteiger partial charge in [-0.15, -0.1) is 0 Å². The summed E-state index contributed by atoms with van der Waals surface area (Å²) in [5.41, 5.74) is 10.9. The quantitative estimate of drug-likeness (QED) is 0.592. The van der Waals surface area contributed by atoms with Gasteiger partial charge in [0.25, 0.3) is 0 Å². The van der Waals surface area contributed by atoms with Crippen molar-refractivity contribution in [3.63, 3.8) is 0 Å². The molecule has 146 valence electrons. The van der Waals surface area contributed by atoms with Crippen LogP contribution >= 0.6 is 31.9 Å². The molecule has 0 spiro atoms. The molecule has 2 heterocycles. The van der Waals surface area contributed by atoms with Crippen LogP contribution in [0, 0.1) is 11.3 Å². The van der Waals surface area contributed by atoms with Gasteiger partial charge in [0.2, 0.25) is 5.88 Å². The number of nitrogens with two attached hydrogens (primary N) is 1. The lowest BCUT2D eigenvalue weighted by atomic mass is 9.80. The van der Waals surface area contributed by atoms with Crippen molar-refractivity contribution in [2.24, 2.45) is 5.73 Å². The van der Waals surface area contributed by atoms with Gasteiger partial charge >= 0.3 is 0 Å². The molecule has 0 fully saturated rings. The summed E-state index contributed by atoms with van der Waals surface area (Å²) in [5, 5.41) is 9.84. The lowest BCUT2D eigenvalue weighted by Crippen LogP contribution is -2.36. The van der Waals surface area contributed by atoms with Gasteiger partial charge in [0.15, 0.2) is 0 Å². The molecular formula is C23H19Br2N3O. The van der Waals surface area contributed by atoms with Crippen LogP contribution in [0.4, 0.5) is 0 Å². The molecule has 6 heteroatoms. The average molecular weight is 513 g/mol. The maximum atomic E-state index is 9.84. The first-order valence-corrected chi connectivity index (χ1v) is 10.8. The molecule has 1 unspecified atom stereocenters. The van der Waals surface area contributed by atoms with Crippen LogP contribution in [0.2, 0.25) is 0 Å². The Bertz CT molecular complexity index is 1110. The molecule has 1 atom stereocenters. The summed E-state index contributed by atoms with van der Waals surface area (Å²) in [6, 6.07) is 18.3. The van der Waals surface area contributed by atoms with E-state index in [0.29, 0.717) is 12.1 Å². The Hall–Kier alpha value is -2.33. The fourth-order valence-corrected chi connectivity index (χ4v) is 4.80. The molecule has 0 aromatic heterocycles. The number of benzene rings is 2. The first-order chi connectivity index (χ1) is 14.0. The van der Waals surface area contributed by atoms with Gasteiger partial charge in [-0.1, -0.05) is 68.3 Å². The van der Waals surface area contributed by atoms with Gasteiger partial charge in [-0.05, 0) is 42.0 Å². The van der Waals surface area contributed by atoms with E-state index in [2.05, 4.69) is 62.0 Å². The van der Waals surface area contributed by atoms with Gasteiger partial charge in [0.05, 0.1) is 5.92 Å². The highest BCUT2D eigenvalue weighted by Gasteiger charge is 2.37. The predicted octanol–water partition coefficient (Wildman–Crippen LogP) is 5.30. The second kappa shape index (κ2) is 8.19. The number of likely N-dealkylation sites (N-methyl/N-ethyl adjacent to an activating group) is 1. The molecule has 4 nitrogen and oxygen atoms in total. The summed E-state index contributed by atoms with van der Waals surface area (Å²) in [6.07, 6.45) is 2.12. The van der Waals surface area contributed by atoms with Gasteiger partial charge in [-0.3, -0.25) is 4.90 Å². The molecule has 0 saturated carbocycles. The second-order valence-electron chi connectivity index (χ2n) is 7.16. The number of halogens is 2. The molecule has 2 aromatic carbocycles. The number of nitriles is 1. The first kappa shape index (κ1) is 20.0. The Morgan fingerprint density at radius 2 is 1.79 bits per heavy atom. The van der Waals surface area contributed by atoms with Crippen molar-refractivity contribution in [2.45, 2.75) is 5.92 Å². The molecule has 2 aromatic rings. The van der Waals surface area contributed by atoms with Crippen LogP contribution in [-0.2, 0) is 4.74 Å². The minimum absolute atomic E-state index is 0.176. The van der Waals surface area contributed by atoms with E-state index in [0.717, 1.165) is 43.5 Å². The second-order valence-corrected chi connectivity index (χ2v) is 8.87. The Morgan fingerprint density at radius 1 is 1.10 bits per heavy atom. The van der Waals surface area contributed by atoms with Crippen molar-refractivity contribution in [3.8, 4) is 6.07 Å². The third-order valence-electron chi connectivity index (χ3n) is 5.15. The first-order valence-electron chi connectivity index (χ1n) is 9.18. The Balaban J connectivity index is 1.91. The van der Waals surface area contributed by atoms with Crippen LogP contribution in [0.15, 0.2) is 85.8 Å². The maximum absolute atomic E-state index is 9.84. The van der Waals surface area contributed by atoms with E-state index >= 15 is 0 Å². The van der Waals surface area contributed by atoms with Crippen molar-refractivity contribution < 1.29 is 4.74 Å².